The number of piperidine rings is 1. The monoisotopic (exact) mass is 251 g/mol. The molecule has 1 heterocycles. The van der Waals surface area contributed by atoms with E-state index in [4.69, 9.17) is 0 Å². The number of likely N-dealkylation sites (tertiary alicyclic amines) is 1. The second-order valence-electron chi connectivity index (χ2n) is 4.85. The van der Waals surface area contributed by atoms with Gasteiger partial charge in [-0.3, -0.25) is 4.79 Å². The summed E-state index contributed by atoms with van der Waals surface area (Å²) in [5.74, 6) is -0.577. The van der Waals surface area contributed by atoms with E-state index in [1.807, 2.05) is 0 Å². The smallest absolute Gasteiger partial charge is 0.254 e. The third-order valence-electron chi connectivity index (χ3n) is 3.39. The van der Waals surface area contributed by atoms with Crippen LogP contribution in [0.25, 0.3) is 0 Å². The summed E-state index contributed by atoms with van der Waals surface area (Å²) in [6.45, 7) is 2.37. The third-order valence-corrected chi connectivity index (χ3v) is 3.39. The number of carbonyl (C=O) groups excluding carboxylic acids is 1. The minimum absolute atomic E-state index is 0.0277. The maximum Gasteiger partial charge on any atom is 0.254 e. The van der Waals surface area contributed by atoms with Crippen LogP contribution >= 0.6 is 0 Å². The van der Waals surface area contributed by atoms with Crippen molar-refractivity contribution in [2.24, 2.45) is 0 Å². The van der Waals surface area contributed by atoms with E-state index in [2.05, 4.69) is 0 Å². The summed E-state index contributed by atoms with van der Waals surface area (Å²) in [5.41, 5.74) is 1.10. The van der Waals surface area contributed by atoms with Crippen molar-refractivity contribution in [3.8, 4) is 0 Å². The lowest BCUT2D eigenvalue weighted by Crippen LogP contribution is -2.45. The molecule has 0 radical (unpaired) electrons. The molecule has 0 aliphatic carbocycles. The summed E-state index contributed by atoms with van der Waals surface area (Å²) < 4.78 is 13.3. The van der Waals surface area contributed by atoms with E-state index in [9.17, 15) is 14.3 Å². The highest BCUT2D eigenvalue weighted by Crippen LogP contribution is 2.20. The largest absolute Gasteiger partial charge is 0.394 e. The van der Waals surface area contributed by atoms with Crippen LogP contribution in [0, 0.1) is 12.7 Å². The topological polar surface area (TPSA) is 40.5 Å². The summed E-state index contributed by atoms with van der Waals surface area (Å²) in [5, 5.41) is 9.30. The second kappa shape index (κ2) is 5.48. The lowest BCUT2D eigenvalue weighted by molar-refractivity contribution is 0.0502. The first-order chi connectivity index (χ1) is 8.61. The van der Waals surface area contributed by atoms with Crippen molar-refractivity contribution in [2.75, 3.05) is 13.2 Å². The van der Waals surface area contributed by atoms with Crippen LogP contribution in [0.3, 0.4) is 0 Å². The first-order valence-corrected chi connectivity index (χ1v) is 6.31. The molecule has 0 bridgehead atoms. The van der Waals surface area contributed by atoms with Gasteiger partial charge < -0.3 is 10.0 Å². The highest BCUT2D eigenvalue weighted by atomic mass is 19.1. The summed E-state index contributed by atoms with van der Waals surface area (Å²) >= 11 is 0. The molecule has 1 atom stereocenters. The average molecular weight is 251 g/mol. The van der Waals surface area contributed by atoms with Crippen LogP contribution in [0.15, 0.2) is 18.2 Å². The van der Waals surface area contributed by atoms with E-state index >= 15 is 0 Å². The predicted molar refractivity (Wildman–Crippen MR) is 66.9 cm³/mol. The van der Waals surface area contributed by atoms with Crippen LogP contribution in [0.5, 0.6) is 0 Å². The van der Waals surface area contributed by atoms with Crippen LogP contribution < -0.4 is 0 Å². The Morgan fingerprint density at radius 3 is 2.89 bits per heavy atom. The number of aliphatic hydroxyl groups excluding tert-OH is 1. The van der Waals surface area contributed by atoms with E-state index in [1.54, 1.807) is 17.9 Å². The number of nitrogens with zero attached hydrogens (tertiary/aromatic N) is 1. The SMILES string of the molecule is Cc1cc(F)cc(C(=O)N2CCCCC2CO)c1. The van der Waals surface area contributed by atoms with Gasteiger partial charge in [-0.1, -0.05) is 0 Å². The first kappa shape index (κ1) is 13.0. The fourth-order valence-corrected chi connectivity index (χ4v) is 2.48. The van der Waals surface area contributed by atoms with E-state index < -0.39 is 5.82 Å². The van der Waals surface area contributed by atoms with Gasteiger partial charge in [0.05, 0.1) is 12.6 Å². The molecule has 0 aromatic heterocycles. The average Bonchev–Trinajstić information content (AvgIpc) is 2.36. The molecule has 4 heteroatoms. The van der Waals surface area contributed by atoms with Gasteiger partial charge >= 0.3 is 0 Å². The Hall–Kier alpha value is -1.42. The molecule has 1 amide bonds. The minimum Gasteiger partial charge on any atom is -0.394 e. The summed E-state index contributed by atoms with van der Waals surface area (Å²) in [6, 6.07) is 4.22. The number of amides is 1. The normalized spacial score (nSPS) is 19.9. The van der Waals surface area contributed by atoms with Gasteiger partial charge in [-0.25, -0.2) is 4.39 Å². The number of halogens is 1. The molecular formula is C14H18FNO2. The lowest BCUT2D eigenvalue weighted by Gasteiger charge is -2.34. The van der Waals surface area contributed by atoms with Crippen LogP contribution in [0.2, 0.25) is 0 Å². The molecule has 0 spiro atoms. The van der Waals surface area contributed by atoms with Crippen molar-refractivity contribution in [3.63, 3.8) is 0 Å². The van der Waals surface area contributed by atoms with Crippen LogP contribution in [-0.4, -0.2) is 35.1 Å². The molecule has 1 aromatic carbocycles. The maximum atomic E-state index is 13.3. The quantitative estimate of drug-likeness (QED) is 0.874. The van der Waals surface area contributed by atoms with Crippen molar-refractivity contribution in [1.82, 2.24) is 4.90 Å². The van der Waals surface area contributed by atoms with Crippen LogP contribution in [0.1, 0.15) is 35.2 Å². The van der Waals surface area contributed by atoms with Gasteiger partial charge in [0.15, 0.2) is 0 Å². The molecular weight excluding hydrogens is 233 g/mol. The molecule has 1 aromatic rings. The highest BCUT2D eigenvalue weighted by Gasteiger charge is 2.27. The molecule has 1 unspecified atom stereocenters. The van der Waals surface area contributed by atoms with E-state index in [0.717, 1.165) is 24.8 Å². The van der Waals surface area contributed by atoms with Gasteiger partial charge in [0.1, 0.15) is 5.82 Å². The maximum absolute atomic E-state index is 13.3. The Labute approximate surface area is 106 Å². The van der Waals surface area contributed by atoms with Crippen molar-refractivity contribution >= 4 is 5.91 Å². The van der Waals surface area contributed by atoms with Crippen molar-refractivity contribution in [3.05, 3.63) is 35.1 Å². The van der Waals surface area contributed by atoms with E-state index in [-0.39, 0.29) is 18.6 Å². The predicted octanol–water partition coefficient (Wildman–Crippen LogP) is 2.12. The standard InChI is InChI=1S/C14H18FNO2/c1-10-6-11(8-12(15)7-10)14(18)16-5-3-2-4-13(16)9-17/h6-8,13,17H,2-5,9H2,1H3. The molecule has 0 saturated carbocycles. The number of hydrogen-bond donors (Lipinski definition) is 1. The number of hydrogen-bond acceptors (Lipinski definition) is 2. The Morgan fingerprint density at radius 2 is 2.22 bits per heavy atom. The zero-order valence-electron chi connectivity index (χ0n) is 10.5. The number of benzene rings is 1. The van der Waals surface area contributed by atoms with Crippen LogP contribution in [-0.2, 0) is 0 Å². The summed E-state index contributed by atoms with van der Waals surface area (Å²) in [7, 11) is 0. The Bertz CT molecular complexity index is 427. The molecule has 3 nitrogen and oxygen atoms in total. The highest BCUT2D eigenvalue weighted by molar-refractivity contribution is 5.94. The Kier molecular flexibility index (Phi) is 3.97. The number of aliphatic hydroxyl groups is 1. The molecule has 2 rings (SSSR count). The fourth-order valence-electron chi connectivity index (χ4n) is 2.48. The molecule has 18 heavy (non-hydrogen) atoms. The zero-order chi connectivity index (χ0) is 13.1. The Morgan fingerprint density at radius 1 is 1.44 bits per heavy atom. The number of rotatable bonds is 2. The van der Waals surface area contributed by atoms with Crippen LogP contribution in [0.4, 0.5) is 4.39 Å². The number of aryl methyl sites for hydroxylation is 1. The molecule has 1 N–H and O–H groups in total. The van der Waals surface area contributed by atoms with Crippen molar-refractivity contribution < 1.29 is 14.3 Å². The van der Waals surface area contributed by atoms with Gasteiger partial charge in [-0.05, 0) is 49.9 Å². The van der Waals surface area contributed by atoms with Gasteiger partial charge in [-0.15, -0.1) is 0 Å². The van der Waals surface area contributed by atoms with Gasteiger partial charge in [0.25, 0.3) is 5.91 Å². The molecule has 1 saturated heterocycles. The molecule has 1 aliphatic heterocycles. The zero-order valence-corrected chi connectivity index (χ0v) is 10.5. The third kappa shape index (κ3) is 2.70. The van der Waals surface area contributed by atoms with Crippen molar-refractivity contribution in [1.29, 1.82) is 0 Å². The van der Waals surface area contributed by atoms with E-state index in [1.165, 1.54) is 12.1 Å². The van der Waals surface area contributed by atoms with Crippen molar-refractivity contribution in [2.45, 2.75) is 32.2 Å². The molecule has 1 fully saturated rings. The lowest BCUT2D eigenvalue weighted by atomic mass is 10.0. The summed E-state index contributed by atoms with van der Waals surface area (Å²) in [4.78, 5) is 14.0. The second-order valence-corrected chi connectivity index (χ2v) is 4.85. The molecule has 98 valence electrons. The molecule has 1 aliphatic rings. The minimum atomic E-state index is -0.393. The first-order valence-electron chi connectivity index (χ1n) is 6.31. The van der Waals surface area contributed by atoms with Gasteiger partial charge in [0.2, 0.25) is 0 Å². The summed E-state index contributed by atoms with van der Waals surface area (Å²) in [6.07, 6.45) is 2.78. The number of carbonyl (C=O) groups is 1. The van der Waals surface area contributed by atoms with Gasteiger partial charge in [0, 0.05) is 12.1 Å². The fraction of sp³-hybridized carbons (Fsp3) is 0.500. The Balaban J connectivity index is 2.23. The van der Waals surface area contributed by atoms with E-state index in [0.29, 0.717) is 12.1 Å². The van der Waals surface area contributed by atoms with Gasteiger partial charge in [-0.2, -0.15) is 0 Å².